The van der Waals surface area contributed by atoms with Crippen LogP contribution in [0.15, 0.2) is 48.5 Å². The number of carbonyl (C=O) groups is 7. The van der Waals surface area contributed by atoms with E-state index in [1.807, 2.05) is 53.4 Å². The molecule has 1 aliphatic heterocycles. The summed E-state index contributed by atoms with van der Waals surface area (Å²) in [6, 6.07) is 13.8. The molecule has 20 nitrogen and oxygen atoms in total. The number of carbonyl (C=O) groups excluding carboxylic acids is 4. The fourth-order valence-corrected chi connectivity index (χ4v) is 7.85. The van der Waals surface area contributed by atoms with Gasteiger partial charge in [-0.2, -0.15) is 0 Å². The van der Waals surface area contributed by atoms with Gasteiger partial charge in [0.2, 0.25) is 17.7 Å². The summed E-state index contributed by atoms with van der Waals surface area (Å²) in [4.78, 5) is 93.6. The summed E-state index contributed by atoms with van der Waals surface area (Å²) in [7, 11) is 0. The number of fused-ring (bicyclic) bond motifs is 3. The molecule has 0 spiro atoms. The van der Waals surface area contributed by atoms with Crippen LogP contribution in [-0.2, 0) is 33.5 Å². The first-order valence-corrected chi connectivity index (χ1v) is 21.5. The lowest BCUT2D eigenvalue weighted by atomic mass is 9.98. The van der Waals surface area contributed by atoms with Crippen LogP contribution in [0, 0.1) is 0 Å². The zero-order chi connectivity index (χ0) is 45.7. The molecule has 0 aromatic heterocycles. The third-order valence-corrected chi connectivity index (χ3v) is 11.2. The molecule has 1 saturated heterocycles. The number of hydrogen-bond acceptors (Lipinski definition) is 13. The summed E-state index contributed by atoms with van der Waals surface area (Å²) in [6.45, 7) is 2.00. The van der Waals surface area contributed by atoms with Crippen molar-refractivity contribution in [1.29, 1.82) is 0 Å². The molecule has 1 fully saturated rings. The lowest BCUT2D eigenvalue weighted by molar-refractivity contribution is -0.140. The fourth-order valence-electron chi connectivity index (χ4n) is 7.85. The van der Waals surface area contributed by atoms with Gasteiger partial charge in [0.05, 0.1) is 26.2 Å². The molecular formula is C43H63N9O11. The molecule has 1 aliphatic carbocycles. The van der Waals surface area contributed by atoms with E-state index < -0.39 is 47.9 Å². The molecule has 2 aromatic rings. The van der Waals surface area contributed by atoms with Crippen LogP contribution in [-0.4, -0.2) is 187 Å². The number of ether oxygens (including phenoxy) is 1. The lowest BCUT2D eigenvalue weighted by Crippen LogP contribution is -2.53. The van der Waals surface area contributed by atoms with Gasteiger partial charge in [-0.1, -0.05) is 48.5 Å². The maximum absolute atomic E-state index is 13.5. The summed E-state index contributed by atoms with van der Waals surface area (Å²) < 4.78 is 5.67. The van der Waals surface area contributed by atoms with Crippen molar-refractivity contribution >= 4 is 41.7 Å². The number of benzene rings is 2. The van der Waals surface area contributed by atoms with Gasteiger partial charge in [-0.05, 0) is 67.3 Å². The molecule has 2 aromatic carbocycles. The third kappa shape index (κ3) is 17.2. The number of primary amides is 1. The van der Waals surface area contributed by atoms with Crippen LogP contribution in [0.3, 0.4) is 0 Å². The number of aliphatic carboxylic acids is 3. The first kappa shape index (κ1) is 50.0. The minimum Gasteiger partial charge on any atom is -0.480 e. The molecule has 0 radical (unpaired) electrons. The van der Waals surface area contributed by atoms with Gasteiger partial charge in [-0.3, -0.25) is 48.4 Å². The van der Waals surface area contributed by atoms with Gasteiger partial charge in [-0.25, -0.2) is 4.79 Å². The number of alkyl carbamates (subject to hydrolysis) is 1. The van der Waals surface area contributed by atoms with Gasteiger partial charge in [0, 0.05) is 64.8 Å². The molecule has 1 heterocycles. The first-order chi connectivity index (χ1) is 30.2. The number of nitrogens with one attached hydrogen (secondary N) is 3. The molecule has 0 saturated carbocycles. The molecule has 20 heteroatoms. The highest BCUT2D eigenvalue weighted by Crippen LogP contribution is 2.44. The van der Waals surface area contributed by atoms with Crippen molar-refractivity contribution in [2.24, 2.45) is 11.5 Å². The number of rotatable bonds is 23. The maximum Gasteiger partial charge on any atom is 0.407 e. The van der Waals surface area contributed by atoms with Crippen LogP contribution < -0.4 is 27.4 Å². The SMILES string of the molecule is NCCCC[C@@H](NC(=O)OCC1c2ccccc2-c2ccccc21)C(=O)N[C@@H](CCCCNC(=O)CN1CCN(CC(=O)O)CCN(CC(=O)O)CCN(CC(=O)O)CC1)C(N)=O. The van der Waals surface area contributed by atoms with E-state index >= 15 is 0 Å². The Morgan fingerprint density at radius 2 is 1.06 bits per heavy atom. The van der Waals surface area contributed by atoms with E-state index in [9.17, 15) is 48.9 Å². The molecule has 2 atom stereocenters. The van der Waals surface area contributed by atoms with E-state index in [0.29, 0.717) is 45.3 Å². The standard InChI is InChI=1S/C43H63N9O11/c44-15-7-5-14-36(48-43(62)63-29-34-32-11-3-1-9-30(32)31-10-2-4-12-33(31)34)42(61)47-35(41(45)60)13-6-8-16-46-37(53)25-49-17-19-50(26-38(54)55)21-23-52(28-40(58)59)24-22-51(20-18-49)27-39(56)57/h1-4,9-12,34-36H,5-8,13-29,44H2,(H2,45,60)(H,46,53)(H,47,61)(H,48,62)(H,54,55)(H,56,57)(H,58,59)/t35-,36+/m0/s1. The summed E-state index contributed by atoms with van der Waals surface area (Å²) in [5.74, 6) is -4.98. The van der Waals surface area contributed by atoms with E-state index in [-0.39, 0.29) is 103 Å². The Bertz CT molecular complexity index is 1790. The normalized spacial score (nSPS) is 16.6. The topological polar surface area (TPSA) is 290 Å². The van der Waals surface area contributed by atoms with Gasteiger partial charge in [-0.15, -0.1) is 0 Å². The third-order valence-electron chi connectivity index (χ3n) is 11.2. The van der Waals surface area contributed by atoms with E-state index in [4.69, 9.17) is 16.2 Å². The van der Waals surface area contributed by atoms with E-state index in [1.54, 1.807) is 14.7 Å². The summed E-state index contributed by atoms with van der Waals surface area (Å²) in [5, 5.41) is 36.5. The monoisotopic (exact) mass is 881 g/mol. The number of carboxylic acids is 3. The number of carboxylic acid groups (broad SMARTS) is 3. The number of nitrogens with zero attached hydrogens (tertiary/aromatic N) is 4. The van der Waals surface area contributed by atoms with Crippen LogP contribution in [0.5, 0.6) is 0 Å². The van der Waals surface area contributed by atoms with Crippen LogP contribution in [0.4, 0.5) is 4.79 Å². The van der Waals surface area contributed by atoms with Crippen LogP contribution >= 0.6 is 0 Å². The highest BCUT2D eigenvalue weighted by molar-refractivity contribution is 5.90. The van der Waals surface area contributed by atoms with Gasteiger partial charge < -0.3 is 47.5 Å². The van der Waals surface area contributed by atoms with Crippen LogP contribution in [0.25, 0.3) is 11.1 Å². The first-order valence-electron chi connectivity index (χ1n) is 21.5. The second-order valence-corrected chi connectivity index (χ2v) is 15.9. The van der Waals surface area contributed by atoms with Gasteiger partial charge in [0.1, 0.15) is 18.7 Å². The Balaban J connectivity index is 1.26. The van der Waals surface area contributed by atoms with Crippen molar-refractivity contribution in [2.45, 2.75) is 56.5 Å². The van der Waals surface area contributed by atoms with Crippen molar-refractivity contribution in [2.75, 3.05) is 98.2 Å². The molecule has 2 aliphatic rings. The van der Waals surface area contributed by atoms with Crippen molar-refractivity contribution < 1.29 is 53.6 Å². The van der Waals surface area contributed by atoms with E-state index in [0.717, 1.165) is 22.3 Å². The molecule has 0 bridgehead atoms. The minimum atomic E-state index is -1.05. The molecule has 10 N–H and O–H groups in total. The highest BCUT2D eigenvalue weighted by Gasteiger charge is 2.31. The van der Waals surface area contributed by atoms with E-state index in [1.165, 1.54) is 0 Å². The van der Waals surface area contributed by atoms with Gasteiger partial charge >= 0.3 is 24.0 Å². The average molecular weight is 882 g/mol. The average Bonchev–Trinajstić information content (AvgIpc) is 3.55. The zero-order valence-electron chi connectivity index (χ0n) is 35.8. The fraction of sp³-hybridized carbons (Fsp3) is 0.558. The van der Waals surface area contributed by atoms with Crippen molar-refractivity contribution in [3.05, 3.63) is 59.7 Å². The second-order valence-electron chi connectivity index (χ2n) is 15.9. The van der Waals surface area contributed by atoms with Crippen molar-refractivity contribution in [3.63, 3.8) is 0 Å². The van der Waals surface area contributed by atoms with Crippen molar-refractivity contribution in [1.82, 2.24) is 35.6 Å². The van der Waals surface area contributed by atoms with Crippen molar-refractivity contribution in [3.8, 4) is 11.1 Å². The lowest BCUT2D eigenvalue weighted by Gasteiger charge is -2.32. The van der Waals surface area contributed by atoms with Gasteiger partial charge in [0.15, 0.2) is 0 Å². The summed E-state index contributed by atoms with van der Waals surface area (Å²) in [6.07, 6.45) is 1.64. The predicted octanol–water partition coefficient (Wildman–Crippen LogP) is -0.245. The molecule has 4 amide bonds. The molecule has 63 heavy (non-hydrogen) atoms. The van der Waals surface area contributed by atoms with Crippen LogP contribution in [0.1, 0.15) is 55.6 Å². The number of amides is 4. The molecular weight excluding hydrogens is 819 g/mol. The summed E-state index contributed by atoms with van der Waals surface area (Å²) in [5.41, 5.74) is 15.6. The molecule has 0 unspecified atom stereocenters. The smallest absolute Gasteiger partial charge is 0.407 e. The zero-order valence-corrected chi connectivity index (χ0v) is 35.8. The number of unbranched alkanes of at least 4 members (excludes halogenated alkanes) is 2. The second kappa shape index (κ2) is 26.1. The quantitative estimate of drug-likeness (QED) is 0.0668. The number of hydrogen-bond donors (Lipinski definition) is 8. The van der Waals surface area contributed by atoms with E-state index in [2.05, 4.69) is 16.0 Å². The Kier molecular flexibility index (Phi) is 20.7. The molecule has 346 valence electrons. The Hall–Kier alpha value is -5.67. The Labute approximate surface area is 367 Å². The Morgan fingerprint density at radius 1 is 0.619 bits per heavy atom. The molecule has 4 rings (SSSR count). The van der Waals surface area contributed by atoms with Crippen LogP contribution in [0.2, 0.25) is 0 Å². The summed E-state index contributed by atoms with van der Waals surface area (Å²) >= 11 is 0. The van der Waals surface area contributed by atoms with Gasteiger partial charge in [0.25, 0.3) is 0 Å². The highest BCUT2D eigenvalue weighted by atomic mass is 16.5. The predicted molar refractivity (Wildman–Crippen MR) is 232 cm³/mol. The minimum absolute atomic E-state index is 0.0465. The maximum atomic E-state index is 13.5. The Morgan fingerprint density at radius 3 is 1.52 bits per heavy atom. The largest absolute Gasteiger partial charge is 0.480 e. The number of nitrogens with two attached hydrogens (primary N) is 2.